The minimum absolute atomic E-state index is 0. The van der Waals surface area contributed by atoms with E-state index in [1.807, 2.05) is 7.05 Å². The highest BCUT2D eigenvalue weighted by molar-refractivity contribution is 14.0. The molecule has 7 heteroatoms. The average Bonchev–Trinajstić information content (AvgIpc) is 3.05. The molecule has 0 fully saturated rings. The molecule has 0 aliphatic heterocycles. The van der Waals surface area contributed by atoms with Crippen molar-refractivity contribution in [1.82, 2.24) is 15.2 Å². The highest BCUT2D eigenvalue weighted by atomic mass is 127. The maximum absolute atomic E-state index is 5.82. The van der Waals surface area contributed by atoms with Crippen LogP contribution in [0, 0.1) is 0 Å². The first kappa shape index (κ1) is 22.8. The number of halogens is 1. The highest BCUT2D eigenvalue weighted by Crippen LogP contribution is 2.22. The molecule has 2 rings (SSSR count). The molecule has 0 aliphatic carbocycles. The molecule has 0 amide bonds. The van der Waals surface area contributed by atoms with E-state index in [1.54, 1.807) is 25.0 Å². The Kier molecular flexibility index (Phi) is 8.95. The normalized spacial score (nSPS) is 11.8. The van der Waals surface area contributed by atoms with Gasteiger partial charge in [-0.05, 0) is 24.0 Å². The summed E-state index contributed by atoms with van der Waals surface area (Å²) < 4.78 is 5.82. The first-order chi connectivity index (χ1) is 11.8. The van der Waals surface area contributed by atoms with Gasteiger partial charge in [-0.25, -0.2) is 4.98 Å². The zero-order valence-electron chi connectivity index (χ0n) is 16.4. The second kappa shape index (κ2) is 10.2. The Morgan fingerprint density at radius 2 is 1.92 bits per heavy atom. The van der Waals surface area contributed by atoms with E-state index in [0.29, 0.717) is 12.4 Å². The van der Waals surface area contributed by atoms with Gasteiger partial charge in [-0.15, -0.1) is 35.7 Å². The summed E-state index contributed by atoms with van der Waals surface area (Å²) >= 11 is 1.75. The van der Waals surface area contributed by atoms with Gasteiger partial charge in [0.25, 0.3) is 0 Å². The van der Waals surface area contributed by atoms with Crippen molar-refractivity contribution in [2.45, 2.75) is 44.2 Å². The first-order valence-corrected chi connectivity index (χ1v) is 9.56. The first-order valence-electron chi connectivity index (χ1n) is 8.33. The van der Waals surface area contributed by atoms with Crippen LogP contribution >= 0.6 is 35.7 Å². The molecule has 0 aliphatic rings. The van der Waals surface area contributed by atoms with E-state index < -0.39 is 0 Å². The number of benzene rings is 1. The molecular weight excluding hydrogens is 459 g/mol. The van der Waals surface area contributed by atoms with Crippen LogP contribution in [0.4, 0.5) is 0 Å². The Balaban J connectivity index is 0.00000338. The number of hydrogen-bond donors (Lipinski definition) is 1. The van der Waals surface area contributed by atoms with Crippen molar-refractivity contribution in [3.63, 3.8) is 0 Å². The second-order valence-corrected chi connectivity index (χ2v) is 7.85. The van der Waals surface area contributed by atoms with Crippen molar-refractivity contribution >= 4 is 41.7 Å². The van der Waals surface area contributed by atoms with Crippen molar-refractivity contribution in [3.05, 3.63) is 47.7 Å². The Morgan fingerprint density at radius 1 is 1.27 bits per heavy atom. The molecule has 0 radical (unpaired) electrons. The lowest BCUT2D eigenvalue weighted by Crippen LogP contribution is -2.38. The molecule has 0 spiro atoms. The highest BCUT2D eigenvalue weighted by Gasteiger charge is 2.19. The lowest BCUT2D eigenvalue weighted by Gasteiger charge is -2.21. The van der Waals surface area contributed by atoms with Gasteiger partial charge in [-0.2, -0.15) is 0 Å². The molecule has 5 nitrogen and oxygen atoms in total. The summed E-state index contributed by atoms with van der Waals surface area (Å²) in [6.45, 7) is 7.63. The zero-order valence-corrected chi connectivity index (χ0v) is 19.5. The van der Waals surface area contributed by atoms with Gasteiger partial charge in [0.05, 0.1) is 12.7 Å². The van der Waals surface area contributed by atoms with Crippen LogP contribution in [-0.4, -0.2) is 36.2 Å². The summed E-state index contributed by atoms with van der Waals surface area (Å²) in [6.07, 6.45) is 3.89. The molecular formula is C19H29IN4OS. The third-order valence-electron chi connectivity index (χ3n) is 3.84. The topological polar surface area (TPSA) is 53.7 Å². The Hall–Kier alpha value is -1.22. The third kappa shape index (κ3) is 6.50. The summed E-state index contributed by atoms with van der Waals surface area (Å²) in [5.74, 6) is 2.37. The molecule has 0 atom stereocenters. The van der Waals surface area contributed by atoms with Crippen molar-refractivity contribution in [3.8, 4) is 0 Å². The van der Waals surface area contributed by atoms with E-state index in [-0.39, 0.29) is 29.4 Å². The van der Waals surface area contributed by atoms with Gasteiger partial charge < -0.3 is 14.6 Å². The number of rotatable bonds is 5. The molecule has 0 saturated heterocycles. The molecule has 1 heterocycles. The van der Waals surface area contributed by atoms with Crippen molar-refractivity contribution in [2.24, 2.45) is 4.99 Å². The fourth-order valence-corrected chi connectivity index (χ4v) is 2.77. The number of aromatic nitrogens is 1. The largest absolute Gasteiger partial charge is 0.443 e. The molecule has 1 N–H and O–H groups in total. The number of aliphatic imine (C=N–C) groups is 1. The summed E-state index contributed by atoms with van der Waals surface area (Å²) in [6, 6.07) is 8.59. The van der Waals surface area contributed by atoms with Crippen LogP contribution in [0.15, 0.2) is 44.8 Å². The predicted octanol–water partition coefficient (Wildman–Crippen LogP) is 4.52. The molecule has 2 aromatic rings. The van der Waals surface area contributed by atoms with Crippen LogP contribution in [0.5, 0.6) is 0 Å². The van der Waals surface area contributed by atoms with E-state index in [1.165, 1.54) is 10.5 Å². The van der Waals surface area contributed by atoms with E-state index >= 15 is 0 Å². The minimum Gasteiger partial charge on any atom is -0.443 e. The lowest BCUT2D eigenvalue weighted by atomic mass is 9.94. The van der Waals surface area contributed by atoms with E-state index in [2.05, 4.69) is 71.5 Å². The molecule has 1 aromatic heterocycles. The molecule has 1 aromatic carbocycles. The smallest absolute Gasteiger partial charge is 0.213 e. The molecule has 0 unspecified atom stereocenters. The molecule has 0 bridgehead atoms. The van der Waals surface area contributed by atoms with Gasteiger partial charge in [-0.3, -0.25) is 4.99 Å². The number of guanidine groups is 1. The Labute approximate surface area is 178 Å². The standard InChI is InChI=1S/C19H28N4OS.HI/c1-19(2,3)16-11-21-17(24-16)12-22-18(20-4)23(5)13-14-7-9-15(25-6)10-8-14;/h7-11H,12-13H2,1-6H3,(H,20,22);1H. The monoisotopic (exact) mass is 488 g/mol. The van der Waals surface area contributed by atoms with E-state index in [9.17, 15) is 0 Å². The van der Waals surface area contributed by atoms with Gasteiger partial charge in [0.2, 0.25) is 5.89 Å². The fraction of sp³-hybridized carbons (Fsp3) is 0.474. The van der Waals surface area contributed by atoms with Crippen molar-refractivity contribution < 1.29 is 4.42 Å². The van der Waals surface area contributed by atoms with Crippen LogP contribution in [0.3, 0.4) is 0 Å². The number of oxazole rings is 1. The van der Waals surface area contributed by atoms with Gasteiger partial charge in [-0.1, -0.05) is 32.9 Å². The van der Waals surface area contributed by atoms with Crippen LogP contribution in [0.2, 0.25) is 0 Å². The molecule has 26 heavy (non-hydrogen) atoms. The Bertz CT molecular complexity index is 707. The summed E-state index contributed by atoms with van der Waals surface area (Å²) in [7, 11) is 3.81. The van der Waals surface area contributed by atoms with Gasteiger partial charge in [0.15, 0.2) is 5.96 Å². The summed E-state index contributed by atoms with van der Waals surface area (Å²) in [5.41, 5.74) is 1.21. The van der Waals surface area contributed by atoms with E-state index in [0.717, 1.165) is 18.3 Å². The number of nitrogens with zero attached hydrogens (tertiary/aromatic N) is 3. The van der Waals surface area contributed by atoms with Crippen molar-refractivity contribution in [1.29, 1.82) is 0 Å². The van der Waals surface area contributed by atoms with Gasteiger partial charge in [0, 0.05) is 31.0 Å². The maximum Gasteiger partial charge on any atom is 0.213 e. The summed E-state index contributed by atoms with van der Waals surface area (Å²) in [5, 5.41) is 3.31. The number of nitrogens with one attached hydrogen (secondary N) is 1. The quantitative estimate of drug-likeness (QED) is 0.290. The Morgan fingerprint density at radius 3 is 2.42 bits per heavy atom. The number of hydrogen-bond acceptors (Lipinski definition) is 4. The SMILES string of the molecule is CN=C(NCc1ncc(C(C)(C)C)o1)N(C)Cc1ccc(SC)cc1.I. The van der Waals surface area contributed by atoms with Crippen LogP contribution in [0.25, 0.3) is 0 Å². The van der Waals surface area contributed by atoms with Crippen LogP contribution < -0.4 is 5.32 Å². The lowest BCUT2D eigenvalue weighted by molar-refractivity contribution is 0.376. The summed E-state index contributed by atoms with van der Waals surface area (Å²) in [4.78, 5) is 12.0. The van der Waals surface area contributed by atoms with Crippen LogP contribution in [0.1, 0.15) is 38.0 Å². The minimum atomic E-state index is -0.0351. The third-order valence-corrected chi connectivity index (χ3v) is 4.59. The number of thioether (sulfide) groups is 1. The van der Waals surface area contributed by atoms with Crippen molar-refractivity contribution in [2.75, 3.05) is 20.4 Å². The second-order valence-electron chi connectivity index (χ2n) is 6.97. The van der Waals surface area contributed by atoms with Gasteiger partial charge >= 0.3 is 0 Å². The zero-order chi connectivity index (χ0) is 18.4. The average molecular weight is 488 g/mol. The predicted molar refractivity (Wildman–Crippen MR) is 121 cm³/mol. The van der Waals surface area contributed by atoms with Crippen LogP contribution in [-0.2, 0) is 18.5 Å². The van der Waals surface area contributed by atoms with Gasteiger partial charge in [0.1, 0.15) is 5.76 Å². The molecule has 144 valence electrons. The van der Waals surface area contributed by atoms with E-state index in [4.69, 9.17) is 4.42 Å². The molecule has 0 saturated carbocycles. The fourth-order valence-electron chi connectivity index (χ4n) is 2.36. The maximum atomic E-state index is 5.82.